The zero-order valence-electron chi connectivity index (χ0n) is 8.59. The highest BCUT2D eigenvalue weighted by atomic mass is 35.5. The predicted octanol–water partition coefficient (Wildman–Crippen LogP) is 0.258. The Balaban J connectivity index is 3.07. The van der Waals surface area contributed by atoms with Gasteiger partial charge in [0.25, 0.3) is 0 Å². The maximum Gasteiger partial charge on any atom is 0.337 e. The summed E-state index contributed by atoms with van der Waals surface area (Å²) in [5, 5.41) is 8.81. The molecule has 0 unspecified atom stereocenters. The van der Waals surface area contributed by atoms with Crippen molar-refractivity contribution in [1.82, 2.24) is 0 Å². The van der Waals surface area contributed by atoms with Gasteiger partial charge in [0.2, 0.25) is 5.96 Å². The molecule has 0 aromatic heterocycles. The van der Waals surface area contributed by atoms with Crippen LogP contribution in [0.4, 0.5) is 5.69 Å². The topological polar surface area (TPSA) is 140 Å². The van der Waals surface area contributed by atoms with Crippen molar-refractivity contribution in [2.24, 2.45) is 27.2 Å². The van der Waals surface area contributed by atoms with E-state index in [1.807, 2.05) is 0 Å². The first-order valence-electron chi connectivity index (χ1n) is 4.37. The summed E-state index contributed by atoms with van der Waals surface area (Å²) in [6.07, 6.45) is 0. The van der Waals surface area contributed by atoms with Gasteiger partial charge in [0.05, 0.1) is 16.3 Å². The zero-order valence-corrected chi connectivity index (χ0v) is 9.35. The third-order valence-electron chi connectivity index (χ3n) is 1.67. The summed E-state index contributed by atoms with van der Waals surface area (Å²) in [5.74, 6) is -1.49. The van der Waals surface area contributed by atoms with Gasteiger partial charge in [-0.05, 0) is 18.2 Å². The van der Waals surface area contributed by atoms with Crippen LogP contribution in [0.15, 0.2) is 28.2 Å². The molecule has 0 saturated carbocycles. The lowest BCUT2D eigenvalue weighted by Gasteiger charge is -2.00. The van der Waals surface area contributed by atoms with Crippen molar-refractivity contribution in [2.45, 2.75) is 0 Å². The van der Waals surface area contributed by atoms with E-state index in [1.165, 1.54) is 18.2 Å². The summed E-state index contributed by atoms with van der Waals surface area (Å²) in [4.78, 5) is 18.0. The van der Waals surface area contributed by atoms with Crippen molar-refractivity contribution in [3.05, 3.63) is 28.8 Å². The maximum absolute atomic E-state index is 10.7. The van der Waals surface area contributed by atoms with E-state index in [4.69, 9.17) is 33.9 Å². The first kappa shape index (κ1) is 12.8. The van der Waals surface area contributed by atoms with E-state index in [-0.39, 0.29) is 22.5 Å². The molecular weight excluding hydrogens is 246 g/mol. The number of halogens is 1. The third-order valence-corrected chi connectivity index (χ3v) is 1.98. The molecule has 0 amide bonds. The summed E-state index contributed by atoms with van der Waals surface area (Å²) in [5.41, 5.74) is 15.9. The number of aliphatic imine (C=N–C) groups is 2. The molecule has 0 bridgehead atoms. The number of carbonyl (C=O) groups is 1. The minimum absolute atomic E-state index is 0.0222. The Morgan fingerprint density at radius 3 is 2.41 bits per heavy atom. The molecule has 7 nitrogen and oxygen atoms in total. The van der Waals surface area contributed by atoms with E-state index >= 15 is 0 Å². The highest BCUT2D eigenvalue weighted by Crippen LogP contribution is 2.22. The smallest absolute Gasteiger partial charge is 0.337 e. The maximum atomic E-state index is 10.7. The molecule has 1 aromatic rings. The molecule has 0 heterocycles. The van der Waals surface area contributed by atoms with Crippen molar-refractivity contribution < 1.29 is 9.90 Å². The fourth-order valence-corrected chi connectivity index (χ4v) is 1.29. The molecule has 1 rings (SSSR count). The van der Waals surface area contributed by atoms with Gasteiger partial charge in [-0.25, -0.2) is 9.79 Å². The Morgan fingerprint density at radius 2 is 1.94 bits per heavy atom. The number of nitrogens with zero attached hydrogens (tertiary/aromatic N) is 2. The van der Waals surface area contributed by atoms with Gasteiger partial charge in [-0.3, -0.25) is 0 Å². The number of hydrogen-bond donors (Lipinski definition) is 4. The van der Waals surface area contributed by atoms with E-state index in [0.717, 1.165) is 0 Å². The van der Waals surface area contributed by atoms with Gasteiger partial charge in [-0.2, -0.15) is 4.99 Å². The number of aromatic carboxylic acids is 1. The van der Waals surface area contributed by atoms with Crippen molar-refractivity contribution in [2.75, 3.05) is 0 Å². The van der Waals surface area contributed by atoms with E-state index in [1.54, 1.807) is 0 Å². The number of carboxylic acid groups (broad SMARTS) is 1. The Bertz CT molecular complexity index is 508. The first-order valence-corrected chi connectivity index (χ1v) is 4.74. The SMILES string of the molecule is NC(N)=NC(N)=Nc1ccc(C(=O)O)c(Cl)c1. The van der Waals surface area contributed by atoms with Gasteiger partial charge >= 0.3 is 5.97 Å². The predicted molar refractivity (Wildman–Crippen MR) is 65.5 cm³/mol. The molecule has 0 aliphatic heterocycles. The van der Waals surface area contributed by atoms with Gasteiger partial charge < -0.3 is 22.3 Å². The Hall–Kier alpha value is -2.28. The second-order valence-electron chi connectivity index (χ2n) is 2.98. The van der Waals surface area contributed by atoms with Gasteiger partial charge in [0, 0.05) is 0 Å². The number of benzene rings is 1. The van der Waals surface area contributed by atoms with Crippen molar-refractivity contribution in [3.8, 4) is 0 Å². The zero-order chi connectivity index (χ0) is 13.0. The largest absolute Gasteiger partial charge is 0.478 e. The number of guanidine groups is 2. The van der Waals surface area contributed by atoms with E-state index in [9.17, 15) is 4.79 Å². The fraction of sp³-hybridized carbons (Fsp3) is 0. The molecule has 7 N–H and O–H groups in total. The minimum Gasteiger partial charge on any atom is -0.478 e. The lowest BCUT2D eigenvalue weighted by atomic mass is 10.2. The summed E-state index contributed by atoms with van der Waals surface area (Å²) < 4.78 is 0. The average molecular weight is 256 g/mol. The molecular formula is C9H10ClN5O2. The van der Waals surface area contributed by atoms with Gasteiger partial charge in [-0.15, -0.1) is 0 Å². The van der Waals surface area contributed by atoms with Crippen LogP contribution in [0.5, 0.6) is 0 Å². The summed E-state index contributed by atoms with van der Waals surface area (Å²) in [7, 11) is 0. The number of hydrogen-bond acceptors (Lipinski definition) is 2. The average Bonchev–Trinajstić information content (AvgIpc) is 2.15. The van der Waals surface area contributed by atoms with Crippen LogP contribution in [0.25, 0.3) is 0 Å². The monoisotopic (exact) mass is 255 g/mol. The van der Waals surface area contributed by atoms with Crippen LogP contribution >= 0.6 is 11.6 Å². The van der Waals surface area contributed by atoms with Crippen molar-refractivity contribution in [1.29, 1.82) is 0 Å². The fourth-order valence-electron chi connectivity index (χ4n) is 1.04. The molecule has 0 aliphatic rings. The highest BCUT2D eigenvalue weighted by Gasteiger charge is 2.08. The normalized spacial score (nSPS) is 11.0. The van der Waals surface area contributed by atoms with Crippen molar-refractivity contribution in [3.63, 3.8) is 0 Å². The van der Waals surface area contributed by atoms with Crippen LogP contribution in [-0.2, 0) is 0 Å². The second-order valence-corrected chi connectivity index (χ2v) is 3.38. The quantitative estimate of drug-likeness (QED) is 0.443. The van der Waals surface area contributed by atoms with Crippen molar-refractivity contribution >= 4 is 35.2 Å². The molecule has 0 saturated heterocycles. The van der Waals surface area contributed by atoms with Crippen LogP contribution in [0.2, 0.25) is 5.02 Å². The van der Waals surface area contributed by atoms with E-state index in [2.05, 4.69) is 9.98 Å². The van der Waals surface area contributed by atoms with Gasteiger partial charge in [-0.1, -0.05) is 11.6 Å². The Labute approximate surface area is 102 Å². The summed E-state index contributed by atoms with van der Waals surface area (Å²) in [6, 6.07) is 4.09. The molecule has 17 heavy (non-hydrogen) atoms. The Morgan fingerprint density at radius 1 is 1.29 bits per heavy atom. The van der Waals surface area contributed by atoms with E-state index in [0.29, 0.717) is 5.69 Å². The standard InChI is InChI=1S/C9H10ClN5O2/c10-6-3-4(1-2-5(6)7(16)17)14-9(13)15-8(11)12/h1-3H,(H,16,17)(H6,11,12,13,14,15). The lowest BCUT2D eigenvalue weighted by molar-refractivity contribution is 0.0697. The summed E-state index contributed by atoms with van der Waals surface area (Å²) in [6.45, 7) is 0. The third kappa shape index (κ3) is 3.65. The van der Waals surface area contributed by atoms with Crippen LogP contribution in [-0.4, -0.2) is 23.0 Å². The van der Waals surface area contributed by atoms with Crippen LogP contribution in [0.3, 0.4) is 0 Å². The lowest BCUT2D eigenvalue weighted by Crippen LogP contribution is -2.26. The molecule has 0 radical (unpaired) electrons. The molecule has 0 fully saturated rings. The molecule has 90 valence electrons. The highest BCUT2D eigenvalue weighted by molar-refractivity contribution is 6.33. The van der Waals surface area contributed by atoms with E-state index < -0.39 is 5.97 Å². The van der Waals surface area contributed by atoms with Crippen LogP contribution < -0.4 is 17.2 Å². The van der Waals surface area contributed by atoms with Crippen LogP contribution in [0, 0.1) is 0 Å². The summed E-state index contributed by atoms with van der Waals surface area (Å²) >= 11 is 5.74. The first-order chi connectivity index (χ1) is 7.90. The number of carboxylic acids is 1. The molecule has 0 atom stereocenters. The van der Waals surface area contributed by atoms with Gasteiger partial charge in [0.1, 0.15) is 0 Å². The molecule has 8 heteroatoms. The molecule has 0 aliphatic carbocycles. The molecule has 1 aromatic carbocycles. The molecule has 0 spiro atoms. The Kier molecular flexibility index (Phi) is 3.89. The van der Waals surface area contributed by atoms with Gasteiger partial charge in [0.15, 0.2) is 5.96 Å². The number of rotatable bonds is 2. The second kappa shape index (κ2) is 5.17. The van der Waals surface area contributed by atoms with Crippen LogP contribution in [0.1, 0.15) is 10.4 Å². The number of nitrogens with two attached hydrogens (primary N) is 3. The minimum atomic E-state index is -1.12.